The van der Waals surface area contributed by atoms with Crippen molar-refractivity contribution < 1.29 is 10.2 Å². The van der Waals surface area contributed by atoms with E-state index in [9.17, 15) is 10.2 Å². The topological polar surface area (TPSA) is 67.5 Å². The summed E-state index contributed by atoms with van der Waals surface area (Å²) in [6.07, 6.45) is -0.698. The molecule has 21 heavy (non-hydrogen) atoms. The van der Waals surface area contributed by atoms with Crippen molar-refractivity contribution in [3.05, 3.63) is 59.2 Å². The minimum absolute atomic E-state index is 0.0834. The minimum atomic E-state index is -0.698. The number of nitrogens with zero attached hydrogens (tertiary/aromatic N) is 2. The Kier molecular flexibility index (Phi) is 4.46. The molecule has 0 aliphatic carbocycles. The summed E-state index contributed by atoms with van der Waals surface area (Å²) in [7, 11) is 1.91. The number of phenols is 1. The Morgan fingerprint density at radius 2 is 2.00 bits per heavy atom. The molecular weight excluding hydrogens is 264 g/mol. The second-order valence-corrected chi connectivity index (χ2v) is 5.09. The van der Waals surface area contributed by atoms with Gasteiger partial charge in [0.1, 0.15) is 5.75 Å². The highest BCUT2D eigenvalue weighted by Gasteiger charge is 2.10. The van der Waals surface area contributed by atoms with Crippen molar-refractivity contribution in [1.82, 2.24) is 0 Å². The first kappa shape index (κ1) is 14.9. The van der Waals surface area contributed by atoms with Gasteiger partial charge in [-0.05, 0) is 30.7 Å². The van der Waals surface area contributed by atoms with Gasteiger partial charge in [-0.2, -0.15) is 5.26 Å². The van der Waals surface area contributed by atoms with Crippen LogP contribution in [0.4, 0.5) is 5.69 Å². The number of aliphatic hydroxyl groups excluding tert-OH is 1. The van der Waals surface area contributed by atoms with Crippen LogP contribution in [0.5, 0.6) is 5.75 Å². The van der Waals surface area contributed by atoms with Gasteiger partial charge < -0.3 is 15.1 Å². The zero-order valence-corrected chi connectivity index (χ0v) is 12.1. The summed E-state index contributed by atoms with van der Waals surface area (Å²) >= 11 is 0. The molecule has 0 amide bonds. The molecule has 0 heterocycles. The average molecular weight is 282 g/mol. The van der Waals surface area contributed by atoms with Gasteiger partial charge in [-0.15, -0.1) is 0 Å². The lowest BCUT2D eigenvalue weighted by Gasteiger charge is -2.21. The summed E-state index contributed by atoms with van der Waals surface area (Å²) in [5.41, 5.74) is 3.02. The number of nitriles is 1. The normalized spacial score (nSPS) is 11.7. The van der Waals surface area contributed by atoms with Crippen LogP contribution >= 0.6 is 0 Å². The molecule has 4 heteroatoms. The van der Waals surface area contributed by atoms with Gasteiger partial charge in [-0.25, -0.2) is 0 Å². The van der Waals surface area contributed by atoms with Crippen LogP contribution in [0, 0.1) is 11.3 Å². The van der Waals surface area contributed by atoms with Crippen molar-refractivity contribution in [3.8, 4) is 11.8 Å². The van der Waals surface area contributed by atoms with Gasteiger partial charge in [-0.3, -0.25) is 0 Å². The highest BCUT2D eigenvalue weighted by Crippen LogP contribution is 2.29. The third-order valence-corrected chi connectivity index (χ3v) is 3.38. The third-order valence-electron chi connectivity index (χ3n) is 3.38. The van der Waals surface area contributed by atoms with Crippen LogP contribution in [0.25, 0.3) is 0 Å². The van der Waals surface area contributed by atoms with E-state index in [1.54, 1.807) is 25.1 Å². The zero-order valence-electron chi connectivity index (χ0n) is 12.1. The predicted molar refractivity (Wildman–Crippen MR) is 82.0 cm³/mol. The Labute approximate surface area is 124 Å². The first-order valence-electron chi connectivity index (χ1n) is 6.72. The average Bonchev–Trinajstić information content (AvgIpc) is 2.46. The van der Waals surface area contributed by atoms with E-state index in [4.69, 9.17) is 5.26 Å². The lowest BCUT2D eigenvalue weighted by atomic mass is 10.1. The number of aliphatic hydroxyl groups is 1. The summed E-state index contributed by atoms with van der Waals surface area (Å²) < 4.78 is 0. The molecule has 4 nitrogen and oxygen atoms in total. The minimum Gasteiger partial charge on any atom is -0.507 e. The van der Waals surface area contributed by atoms with Crippen molar-refractivity contribution in [2.45, 2.75) is 19.6 Å². The molecule has 2 aromatic carbocycles. The number of aromatic hydroxyl groups is 1. The molecule has 108 valence electrons. The molecule has 0 saturated heterocycles. The van der Waals surface area contributed by atoms with E-state index in [1.807, 2.05) is 36.2 Å². The van der Waals surface area contributed by atoms with Gasteiger partial charge in [0.05, 0.1) is 17.7 Å². The van der Waals surface area contributed by atoms with Crippen molar-refractivity contribution in [1.29, 1.82) is 5.26 Å². The molecule has 0 saturated carbocycles. The molecule has 0 bridgehead atoms. The number of benzene rings is 2. The SMILES string of the molecule is CC(O)c1ccc(N(C)Cc2cccc(C#N)c2)cc1O. The first-order chi connectivity index (χ1) is 10.0. The first-order valence-corrected chi connectivity index (χ1v) is 6.72. The molecule has 1 unspecified atom stereocenters. The maximum absolute atomic E-state index is 9.93. The number of rotatable bonds is 4. The maximum atomic E-state index is 9.93. The fraction of sp³-hybridized carbons (Fsp3) is 0.235. The third kappa shape index (κ3) is 3.53. The summed E-state index contributed by atoms with van der Waals surface area (Å²) in [6.45, 7) is 2.24. The Morgan fingerprint density at radius 1 is 1.24 bits per heavy atom. The number of phenolic OH excluding ortho intramolecular Hbond substituents is 1. The molecule has 2 aromatic rings. The Balaban J connectivity index is 2.18. The molecule has 1 atom stereocenters. The van der Waals surface area contributed by atoms with Crippen LogP contribution in [-0.2, 0) is 6.54 Å². The van der Waals surface area contributed by atoms with E-state index in [1.165, 1.54) is 0 Å². The van der Waals surface area contributed by atoms with Gasteiger partial charge in [0.15, 0.2) is 0 Å². The van der Waals surface area contributed by atoms with Crippen LogP contribution in [0.3, 0.4) is 0 Å². The highest BCUT2D eigenvalue weighted by molar-refractivity contribution is 5.53. The summed E-state index contributed by atoms with van der Waals surface area (Å²) in [6, 6.07) is 14.8. The van der Waals surface area contributed by atoms with Crippen molar-refractivity contribution in [2.24, 2.45) is 0 Å². The molecule has 0 aliphatic heterocycles. The number of hydrogen-bond acceptors (Lipinski definition) is 4. The van der Waals surface area contributed by atoms with E-state index in [-0.39, 0.29) is 5.75 Å². The van der Waals surface area contributed by atoms with Crippen LogP contribution in [0.2, 0.25) is 0 Å². The summed E-state index contributed by atoms with van der Waals surface area (Å²) in [5, 5.41) is 28.4. The standard InChI is InChI=1S/C17H18N2O2/c1-12(20)16-7-6-15(9-17(16)21)19(2)11-14-5-3-4-13(8-14)10-18/h3-9,12,20-21H,11H2,1-2H3. The largest absolute Gasteiger partial charge is 0.507 e. The second kappa shape index (κ2) is 6.29. The van der Waals surface area contributed by atoms with Gasteiger partial charge in [0.25, 0.3) is 0 Å². The van der Waals surface area contributed by atoms with Crippen molar-refractivity contribution in [2.75, 3.05) is 11.9 Å². The zero-order chi connectivity index (χ0) is 15.4. The smallest absolute Gasteiger partial charge is 0.123 e. The summed E-state index contributed by atoms with van der Waals surface area (Å²) in [5.74, 6) is 0.0834. The van der Waals surface area contributed by atoms with Crippen LogP contribution in [-0.4, -0.2) is 17.3 Å². The van der Waals surface area contributed by atoms with Gasteiger partial charge in [-0.1, -0.05) is 18.2 Å². The predicted octanol–water partition coefficient (Wildman–Crippen LogP) is 2.95. The molecule has 0 aromatic heterocycles. The fourth-order valence-electron chi connectivity index (χ4n) is 2.23. The highest BCUT2D eigenvalue weighted by atomic mass is 16.3. The molecule has 2 rings (SSSR count). The molecule has 0 fully saturated rings. The van der Waals surface area contributed by atoms with E-state index in [2.05, 4.69) is 6.07 Å². The lowest BCUT2D eigenvalue weighted by molar-refractivity contribution is 0.195. The fourth-order valence-corrected chi connectivity index (χ4v) is 2.23. The maximum Gasteiger partial charge on any atom is 0.123 e. The number of anilines is 1. The molecule has 2 N–H and O–H groups in total. The van der Waals surface area contributed by atoms with E-state index in [0.717, 1.165) is 11.3 Å². The second-order valence-electron chi connectivity index (χ2n) is 5.09. The summed E-state index contributed by atoms with van der Waals surface area (Å²) in [4.78, 5) is 1.97. The number of hydrogen-bond donors (Lipinski definition) is 2. The molecule has 0 aliphatic rings. The molecular formula is C17H18N2O2. The van der Waals surface area contributed by atoms with Gasteiger partial charge in [0.2, 0.25) is 0 Å². The van der Waals surface area contributed by atoms with Crippen molar-refractivity contribution in [3.63, 3.8) is 0 Å². The monoisotopic (exact) mass is 282 g/mol. The van der Waals surface area contributed by atoms with E-state index in [0.29, 0.717) is 17.7 Å². The Hall–Kier alpha value is -2.51. The van der Waals surface area contributed by atoms with Gasteiger partial charge >= 0.3 is 0 Å². The Morgan fingerprint density at radius 3 is 2.62 bits per heavy atom. The van der Waals surface area contributed by atoms with Crippen LogP contribution in [0.15, 0.2) is 42.5 Å². The lowest BCUT2D eigenvalue weighted by Crippen LogP contribution is -2.16. The van der Waals surface area contributed by atoms with Crippen LogP contribution in [0.1, 0.15) is 29.7 Å². The molecule has 0 radical (unpaired) electrons. The van der Waals surface area contributed by atoms with Crippen molar-refractivity contribution >= 4 is 5.69 Å². The Bertz CT molecular complexity index is 675. The van der Waals surface area contributed by atoms with E-state index < -0.39 is 6.10 Å². The molecule has 0 spiro atoms. The van der Waals surface area contributed by atoms with Crippen LogP contribution < -0.4 is 4.90 Å². The van der Waals surface area contributed by atoms with E-state index >= 15 is 0 Å². The van der Waals surface area contributed by atoms with Gasteiger partial charge in [0, 0.05) is 30.9 Å². The quantitative estimate of drug-likeness (QED) is 0.904.